The first-order valence-electron chi connectivity index (χ1n) is 12.0. The molecule has 1 atom stereocenters. The third-order valence-corrected chi connectivity index (χ3v) is 9.53. The van der Waals surface area contributed by atoms with E-state index in [0.717, 1.165) is 36.3 Å². The van der Waals surface area contributed by atoms with Gasteiger partial charge in [0.15, 0.2) is 10.9 Å². The molecule has 0 radical (unpaired) electrons. The van der Waals surface area contributed by atoms with Gasteiger partial charge in [0, 0.05) is 31.6 Å². The van der Waals surface area contributed by atoms with E-state index >= 15 is 0 Å². The Balaban J connectivity index is 1.14. The summed E-state index contributed by atoms with van der Waals surface area (Å²) in [4.78, 5) is 12.8. The first-order chi connectivity index (χ1) is 17.7. The molecule has 2 aliphatic heterocycles. The molecular weight excluding hydrogens is 526 g/mol. The number of hydrogen-bond acceptors (Lipinski definition) is 10. The summed E-state index contributed by atoms with van der Waals surface area (Å²) in [5.74, 6) is 0.370. The lowest BCUT2D eigenvalue weighted by atomic mass is 9.77. The molecule has 14 heteroatoms. The number of benzene rings is 1. The van der Waals surface area contributed by atoms with E-state index in [1.807, 2.05) is 6.92 Å². The highest BCUT2D eigenvalue weighted by molar-refractivity contribution is 7.89. The molecule has 200 valence electrons. The number of nitrogens with one attached hydrogen (secondary N) is 2. The fourth-order valence-corrected chi connectivity index (χ4v) is 6.80. The summed E-state index contributed by atoms with van der Waals surface area (Å²) in [6, 6.07) is 5.08. The van der Waals surface area contributed by atoms with Gasteiger partial charge in [0.1, 0.15) is 0 Å². The minimum absolute atomic E-state index is 0.102. The van der Waals surface area contributed by atoms with E-state index in [9.17, 15) is 17.2 Å². The summed E-state index contributed by atoms with van der Waals surface area (Å²) in [6.45, 7) is 2.74. The molecule has 4 heterocycles. The topological polar surface area (TPSA) is 119 Å². The molecule has 0 saturated carbocycles. The van der Waals surface area contributed by atoms with Gasteiger partial charge >= 0.3 is 6.61 Å². The zero-order chi connectivity index (χ0) is 26.0. The van der Waals surface area contributed by atoms with E-state index < -0.39 is 16.6 Å². The number of aromatic nitrogens is 3. The summed E-state index contributed by atoms with van der Waals surface area (Å²) in [5.41, 5.74) is 0.908. The average molecular weight is 555 g/mol. The number of rotatable bonds is 10. The number of sulfonamides is 1. The Labute approximate surface area is 217 Å². The Morgan fingerprint density at radius 2 is 1.86 bits per heavy atom. The molecule has 2 fully saturated rings. The SMILES string of the molecule is CC(CNc1ncc(OC(F)F)cn1)CNc1nc2ccc(S(=O)(=O)N3CCC4(CC3)COC4)cc2s1. The molecule has 2 saturated heterocycles. The van der Waals surface area contributed by atoms with Crippen LogP contribution in [0.1, 0.15) is 19.8 Å². The second kappa shape index (κ2) is 10.6. The number of nitrogens with zero attached hydrogens (tertiary/aromatic N) is 4. The lowest BCUT2D eigenvalue weighted by Crippen LogP contribution is -2.51. The molecular formula is C23H28F2N6O4S2. The predicted molar refractivity (Wildman–Crippen MR) is 136 cm³/mol. The Bertz CT molecular complexity index is 1320. The van der Waals surface area contributed by atoms with Crippen LogP contribution in [-0.2, 0) is 14.8 Å². The third kappa shape index (κ3) is 5.92. The van der Waals surface area contributed by atoms with Crippen molar-refractivity contribution in [3.8, 4) is 5.75 Å². The van der Waals surface area contributed by atoms with E-state index in [0.29, 0.717) is 42.2 Å². The Kier molecular flexibility index (Phi) is 7.43. The van der Waals surface area contributed by atoms with E-state index in [1.165, 1.54) is 23.7 Å². The highest BCUT2D eigenvalue weighted by atomic mass is 32.2. The van der Waals surface area contributed by atoms with Gasteiger partial charge in [-0.3, -0.25) is 0 Å². The van der Waals surface area contributed by atoms with E-state index in [1.54, 1.807) is 22.5 Å². The van der Waals surface area contributed by atoms with Crippen LogP contribution in [0.5, 0.6) is 5.75 Å². The second-order valence-corrected chi connectivity index (χ2v) is 12.5. The summed E-state index contributed by atoms with van der Waals surface area (Å²) >= 11 is 1.41. The number of hydrogen-bond donors (Lipinski definition) is 2. The maximum atomic E-state index is 13.2. The van der Waals surface area contributed by atoms with Gasteiger partial charge in [0.2, 0.25) is 16.0 Å². The molecule has 2 aromatic heterocycles. The molecule has 0 amide bonds. The number of thiazole rings is 1. The third-order valence-electron chi connectivity index (χ3n) is 6.66. The molecule has 1 spiro atoms. The Hall–Kier alpha value is -2.68. The lowest BCUT2D eigenvalue weighted by molar-refractivity contribution is -0.133. The van der Waals surface area contributed by atoms with Crippen LogP contribution in [-0.4, -0.2) is 73.7 Å². The number of anilines is 2. The minimum Gasteiger partial charge on any atom is -0.432 e. The van der Waals surface area contributed by atoms with Crippen molar-refractivity contribution in [2.24, 2.45) is 11.3 Å². The first kappa shape index (κ1) is 25.9. The fourth-order valence-electron chi connectivity index (χ4n) is 4.34. The predicted octanol–water partition coefficient (Wildman–Crippen LogP) is 3.65. The van der Waals surface area contributed by atoms with Crippen LogP contribution in [0.15, 0.2) is 35.5 Å². The van der Waals surface area contributed by atoms with Gasteiger partial charge in [-0.1, -0.05) is 18.3 Å². The van der Waals surface area contributed by atoms with Gasteiger partial charge < -0.3 is 20.1 Å². The smallest absolute Gasteiger partial charge is 0.387 e. The summed E-state index contributed by atoms with van der Waals surface area (Å²) in [7, 11) is -3.56. The lowest BCUT2D eigenvalue weighted by Gasteiger charge is -2.46. The van der Waals surface area contributed by atoms with Crippen LogP contribution in [0.3, 0.4) is 0 Å². The van der Waals surface area contributed by atoms with Crippen LogP contribution >= 0.6 is 11.3 Å². The van der Waals surface area contributed by atoms with Crippen molar-refractivity contribution < 1.29 is 26.7 Å². The average Bonchev–Trinajstić information content (AvgIpc) is 3.28. The summed E-state index contributed by atoms with van der Waals surface area (Å²) < 4.78 is 62.9. The Morgan fingerprint density at radius 3 is 2.51 bits per heavy atom. The largest absolute Gasteiger partial charge is 0.432 e. The number of alkyl halides is 2. The van der Waals surface area contributed by atoms with Crippen molar-refractivity contribution in [3.05, 3.63) is 30.6 Å². The first-order valence-corrected chi connectivity index (χ1v) is 14.2. The molecule has 2 aliphatic rings. The van der Waals surface area contributed by atoms with Gasteiger partial charge in [-0.25, -0.2) is 23.4 Å². The maximum absolute atomic E-state index is 13.2. The summed E-state index contributed by atoms with van der Waals surface area (Å²) in [6.07, 6.45) is 4.04. The highest BCUT2D eigenvalue weighted by Gasteiger charge is 2.43. The Morgan fingerprint density at radius 1 is 1.16 bits per heavy atom. The molecule has 0 bridgehead atoms. The number of piperidine rings is 1. The second-order valence-electron chi connectivity index (χ2n) is 9.53. The normalized spacial score (nSPS) is 18.6. The van der Waals surface area contributed by atoms with Gasteiger partial charge in [-0.15, -0.1) is 0 Å². The summed E-state index contributed by atoms with van der Waals surface area (Å²) in [5, 5.41) is 7.05. The monoisotopic (exact) mass is 554 g/mol. The molecule has 1 aromatic carbocycles. The van der Waals surface area contributed by atoms with Crippen LogP contribution in [0.2, 0.25) is 0 Å². The standard InChI is InChI=1S/C23H28F2N6O4S2/c1-15(9-26-21-27-11-16(12-28-21)35-20(24)25)10-29-22-30-18-3-2-17(8-19(18)36-22)37(32,33)31-6-4-23(5-7-31)13-34-14-23/h2-3,8,11-12,15,20H,4-7,9-10,13-14H2,1H3,(H,29,30)(H,26,27,28). The molecule has 2 N–H and O–H groups in total. The fraction of sp³-hybridized carbons (Fsp3) is 0.522. The minimum atomic E-state index is -3.56. The van der Waals surface area contributed by atoms with Crippen molar-refractivity contribution in [1.29, 1.82) is 0 Å². The van der Waals surface area contributed by atoms with E-state index in [4.69, 9.17) is 4.74 Å². The van der Waals surface area contributed by atoms with Crippen molar-refractivity contribution in [2.75, 3.05) is 50.0 Å². The van der Waals surface area contributed by atoms with Gasteiger partial charge in [0.25, 0.3) is 0 Å². The van der Waals surface area contributed by atoms with Crippen LogP contribution < -0.4 is 15.4 Å². The molecule has 1 unspecified atom stereocenters. The molecule has 3 aromatic rings. The van der Waals surface area contributed by atoms with Crippen LogP contribution in [0, 0.1) is 11.3 Å². The molecule has 5 rings (SSSR count). The van der Waals surface area contributed by atoms with E-state index in [2.05, 4.69) is 30.3 Å². The zero-order valence-corrected chi connectivity index (χ0v) is 21.8. The quantitative estimate of drug-likeness (QED) is 0.387. The number of fused-ring (bicyclic) bond motifs is 1. The number of ether oxygens (including phenoxy) is 2. The van der Waals surface area contributed by atoms with Crippen molar-refractivity contribution >= 4 is 42.7 Å². The van der Waals surface area contributed by atoms with Crippen molar-refractivity contribution in [1.82, 2.24) is 19.3 Å². The molecule has 37 heavy (non-hydrogen) atoms. The van der Waals surface area contributed by atoms with Gasteiger partial charge in [-0.05, 0) is 37.0 Å². The van der Waals surface area contributed by atoms with Crippen molar-refractivity contribution in [3.63, 3.8) is 0 Å². The van der Waals surface area contributed by atoms with Gasteiger partial charge in [0.05, 0.1) is 40.7 Å². The van der Waals surface area contributed by atoms with Gasteiger partial charge in [-0.2, -0.15) is 13.1 Å². The zero-order valence-electron chi connectivity index (χ0n) is 20.2. The molecule has 10 nitrogen and oxygen atoms in total. The van der Waals surface area contributed by atoms with Crippen molar-refractivity contribution in [2.45, 2.75) is 31.3 Å². The van der Waals surface area contributed by atoms with Crippen LogP contribution in [0.4, 0.5) is 19.9 Å². The maximum Gasteiger partial charge on any atom is 0.387 e. The molecule has 0 aliphatic carbocycles. The van der Waals surface area contributed by atoms with E-state index in [-0.39, 0.29) is 17.1 Å². The highest BCUT2D eigenvalue weighted by Crippen LogP contribution is 2.40. The number of halogens is 2. The van der Waals surface area contributed by atoms with Crippen LogP contribution in [0.25, 0.3) is 10.2 Å².